The van der Waals surface area contributed by atoms with E-state index in [0.717, 1.165) is 34.0 Å². The minimum absolute atomic E-state index is 0.0325. The van der Waals surface area contributed by atoms with Crippen LogP contribution >= 0.6 is 0 Å². The molecule has 4 heterocycles. The van der Waals surface area contributed by atoms with Crippen molar-refractivity contribution in [2.75, 3.05) is 0 Å². The van der Waals surface area contributed by atoms with Gasteiger partial charge >= 0.3 is 0 Å². The number of aromatic amines is 1. The Morgan fingerprint density at radius 3 is 3.00 bits per heavy atom. The van der Waals surface area contributed by atoms with E-state index in [1.807, 2.05) is 38.2 Å². The molecular formula is C16H17N5O. The molecule has 0 radical (unpaired) electrons. The number of nitrogens with zero attached hydrogens (tertiary/aromatic N) is 3. The van der Waals surface area contributed by atoms with E-state index in [2.05, 4.69) is 19.9 Å². The molecule has 0 aromatic carbocycles. The molecule has 112 valence electrons. The van der Waals surface area contributed by atoms with E-state index < -0.39 is 0 Å². The first-order valence-electron chi connectivity index (χ1n) is 7.38. The Hall–Kier alpha value is -2.63. The molecule has 1 atom stereocenters. The van der Waals surface area contributed by atoms with Gasteiger partial charge in [0.2, 0.25) is 5.91 Å². The summed E-state index contributed by atoms with van der Waals surface area (Å²) >= 11 is 0. The Morgan fingerprint density at radius 1 is 1.36 bits per heavy atom. The average molecular weight is 295 g/mol. The third kappa shape index (κ3) is 1.91. The minimum atomic E-state index is -0.0840. The van der Waals surface area contributed by atoms with E-state index in [0.29, 0.717) is 13.0 Å². The highest BCUT2D eigenvalue weighted by Crippen LogP contribution is 2.32. The summed E-state index contributed by atoms with van der Waals surface area (Å²) in [7, 11) is 0. The maximum Gasteiger partial charge on any atom is 0.221 e. The van der Waals surface area contributed by atoms with Crippen LogP contribution in [0.15, 0.2) is 24.4 Å². The van der Waals surface area contributed by atoms with Crippen LogP contribution in [0.5, 0.6) is 0 Å². The van der Waals surface area contributed by atoms with Crippen molar-refractivity contribution in [2.24, 2.45) is 0 Å². The van der Waals surface area contributed by atoms with Gasteiger partial charge in [0.25, 0.3) is 0 Å². The lowest BCUT2D eigenvalue weighted by Crippen LogP contribution is -2.21. The number of carbonyl (C=O) groups is 1. The maximum absolute atomic E-state index is 12.1. The van der Waals surface area contributed by atoms with Crippen molar-refractivity contribution in [2.45, 2.75) is 32.7 Å². The topological polar surface area (TPSA) is 75.1 Å². The monoisotopic (exact) mass is 295 g/mol. The lowest BCUT2D eigenvalue weighted by molar-refractivity contribution is -0.121. The summed E-state index contributed by atoms with van der Waals surface area (Å²) in [4.78, 5) is 16.8. The Kier molecular flexibility index (Phi) is 2.79. The molecule has 0 saturated heterocycles. The number of hydrogen-bond acceptors (Lipinski definition) is 3. The number of pyridine rings is 1. The van der Waals surface area contributed by atoms with Crippen molar-refractivity contribution in [1.29, 1.82) is 0 Å². The number of amides is 1. The second kappa shape index (κ2) is 4.69. The number of aromatic nitrogens is 4. The Labute approximate surface area is 127 Å². The number of H-pyrrole nitrogens is 1. The predicted octanol–water partition coefficient (Wildman–Crippen LogP) is 1.83. The Balaban J connectivity index is 1.98. The Morgan fingerprint density at radius 2 is 2.23 bits per heavy atom. The molecule has 0 fully saturated rings. The summed E-state index contributed by atoms with van der Waals surface area (Å²) in [5.74, 6) is -0.0516. The fraction of sp³-hybridized carbons (Fsp3) is 0.312. The van der Waals surface area contributed by atoms with Crippen LogP contribution in [0, 0.1) is 13.8 Å². The first-order chi connectivity index (χ1) is 10.6. The molecule has 0 saturated carbocycles. The van der Waals surface area contributed by atoms with Crippen molar-refractivity contribution in [3.8, 4) is 0 Å². The number of nitrogens with one attached hydrogen (secondary N) is 2. The van der Waals surface area contributed by atoms with E-state index in [1.54, 1.807) is 0 Å². The highest BCUT2D eigenvalue weighted by Gasteiger charge is 2.30. The first-order valence-corrected chi connectivity index (χ1v) is 7.38. The second-order valence-corrected chi connectivity index (χ2v) is 5.84. The molecule has 1 aliphatic rings. The molecule has 0 bridgehead atoms. The molecule has 0 unspecified atom stereocenters. The van der Waals surface area contributed by atoms with Crippen LogP contribution in [0.2, 0.25) is 0 Å². The lowest BCUT2D eigenvalue weighted by Gasteiger charge is -2.12. The molecule has 22 heavy (non-hydrogen) atoms. The fourth-order valence-corrected chi connectivity index (χ4v) is 3.17. The van der Waals surface area contributed by atoms with E-state index >= 15 is 0 Å². The van der Waals surface area contributed by atoms with Gasteiger partial charge in [0, 0.05) is 18.3 Å². The quantitative estimate of drug-likeness (QED) is 0.719. The summed E-state index contributed by atoms with van der Waals surface area (Å²) in [6.07, 6.45) is 2.40. The summed E-state index contributed by atoms with van der Waals surface area (Å²) < 4.78 is 2.10. The zero-order valence-corrected chi connectivity index (χ0v) is 12.6. The van der Waals surface area contributed by atoms with Gasteiger partial charge < -0.3 is 9.72 Å². The van der Waals surface area contributed by atoms with Crippen LogP contribution in [0.4, 0.5) is 0 Å². The van der Waals surface area contributed by atoms with Gasteiger partial charge in [0.05, 0.1) is 29.5 Å². The zero-order chi connectivity index (χ0) is 15.3. The van der Waals surface area contributed by atoms with Gasteiger partial charge in [-0.25, -0.2) is 4.98 Å². The van der Waals surface area contributed by atoms with Crippen LogP contribution in [0.25, 0.3) is 5.65 Å². The molecule has 0 aliphatic carbocycles. The van der Waals surface area contributed by atoms with E-state index in [1.165, 1.54) is 0 Å². The van der Waals surface area contributed by atoms with Gasteiger partial charge in [0.15, 0.2) is 0 Å². The van der Waals surface area contributed by atoms with Crippen molar-refractivity contribution in [3.63, 3.8) is 0 Å². The van der Waals surface area contributed by atoms with Crippen molar-refractivity contribution < 1.29 is 4.79 Å². The first kappa shape index (κ1) is 13.1. The van der Waals surface area contributed by atoms with Gasteiger partial charge in [-0.2, -0.15) is 5.10 Å². The van der Waals surface area contributed by atoms with Crippen molar-refractivity contribution >= 4 is 11.6 Å². The van der Waals surface area contributed by atoms with Gasteiger partial charge in [-0.1, -0.05) is 6.07 Å². The van der Waals surface area contributed by atoms with Crippen molar-refractivity contribution in [1.82, 2.24) is 24.9 Å². The summed E-state index contributed by atoms with van der Waals surface area (Å²) in [5, 5.41) is 10.3. The highest BCUT2D eigenvalue weighted by molar-refractivity contribution is 5.78. The van der Waals surface area contributed by atoms with Crippen LogP contribution in [0.1, 0.15) is 40.7 Å². The smallest absolute Gasteiger partial charge is 0.221 e. The normalized spacial score (nSPS) is 18.1. The standard InChI is InChI=1S/C16H17N5O/c1-9-4-3-5-21-15-11(12-6-10(2)19-20-12)7-14(22)17-8-13(15)18-16(9)21/h3-6,11H,7-8H2,1-2H3,(H,17,22)(H,19,20)/t11-/m1/s1. The summed E-state index contributed by atoms with van der Waals surface area (Å²) in [6.45, 7) is 4.48. The molecule has 1 aliphatic heterocycles. The lowest BCUT2D eigenvalue weighted by atomic mass is 9.96. The SMILES string of the molecule is Cc1cc([C@H]2CC(=O)NCc3nc4c(C)cccn4c32)n[nH]1. The van der Waals surface area contributed by atoms with Crippen LogP contribution in [0.3, 0.4) is 0 Å². The molecule has 6 heteroatoms. The van der Waals surface area contributed by atoms with E-state index in [4.69, 9.17) is 4.98 Å². The summed E-state index contributed by atoms with van der Waals surface area (Å²) in [5.41, 5.74) is 5.93. The van der Waals surface area contributed by atoms with Crippen LogP contribution in [-0.4, -0.2) is 25.5 Å². The van der Waals surface area contributed by atoms with Gasteiger partial charge in [0.1, 0.15) is 5.65 Å². The molecule has 4 rings (SSSR count). The molecule has 2 N–H and O–H groups in total. The largest absolute Gasteiger partial charge is 0.350 e. The molecule has 0 spiro atoms. The second-order valence-electron chi connectivity index (χ2n) is 5.84. The maximum atomic E-state index is 12.1. The molecule has 3 aromatic rings. The average Bonchev–Trinajstić information content (AvgIpc) is 3.03. The van der Waals surface area contributed by atoms with Gasteiger partial charge in [-0.05, 0) is 31.5 Å². The Bertz CT molecular complexity index is 876. The number of aryl methyl sites for hydroxylation is 2. The van der Waals surface area contributed by atoms with Gasteiger partial charge in [-0.15, -0.1) is 0 Å². The molecule has 6 nitrogen and oxygen atoms in total. The molecular weight excluding hydrogens is 278 g/mol. The van der Waals surface area contributed by atoms with E-state index in [9.17, 15) is 4.79 Å². The zero-order valence-electron chi connectivity index (χ0n) is 12.6. The third-order valence-electron chi connectivity index (χ3n) is 4.21. The number of rotatable bonds is 1. The van der Waals surface area contributed by atoms with E-state index in [-0.39, 0.29) is 11.8 Å². The molecule has 1 amide bonds. The molecule has 3 aromatic heterocycles. The number of fused-ring (bicyclic) bond motifs is 3. The number of imidazole rings is 1. The summed E-state index contributed by atoms with van der Waals surface area (Å²) in [6, 6.07) is 6.06. The fourth-order valence-electron chi connectivity index (χ4n) is 3.17. The van der Waals surface area contributed by atoms with Crippen LogP contribution in [-0.2, 0) is 11.3 Å². The predicted molar refractivity (Wildman–Crippen MR) is 81.6 cm³/mol. The minimum Gasteiger partial charge on any atom is -0.350 e. The van der Waals surface area contributed by atoms with Gasteiger partial charge in [-0.3, -0.25) is 9.89 Å². The highest BCUT2D eigenvalue weighted by atomic mass is 16.1. The third-order valence-corrected chi connectivity index (χ3v) is 4.21. The number of hydrogen-bond donors (Lipinski definition) is 2. The van der Waals surface area contributed by atoms with Crippen molar-refractivity contribution in [3.05, 3.63) is 52.7 Å². The number of carbonyl (C=O) groups excluding carboxylic acids is 1. The van der Waals surface area contributed by atoms with Crippen LogP contribution < -0.4 is 5.32 Å².